The zero-order valence-corrected chi connectivity index (χ0v) is 17.3. The third-order valence-corrected chi connectivity index (χ3v) is 5.46. The number of imidazole rings is 2. The van der Waals surface area contributed by atoms with Gasteiger partial charge >= 0.3 is 5.69 Å². The van der Waals surface area contributed by atoms with E-state index in [4.69, 9.17) is 11.6 Å². The number of aromatic nitrogens is 5. The molecule has 0 aliphatic heterocycles. The van der Waals surface area contributed by atoms with Gasteiger partial charge in [0.25, 0.3) is 5.56 Å². The van der Waals surface area contributed by atoms with Crippen LogP contribution in [0.25, 0.3) is 22.6 Å². The van der Waals surface area contributed by atoms with E-state index in [1.54, 1.807) is 11.4 Å². The molecule has 0 unspecified atom stereocenters. The molecule has 0 N–H and O–H groups in total. The molecule has 0 aliphatic rings. The van der Waals surface area contributed by atoms with Gasteiger partial charge in [0.05, 0.1) is 5.69 Å². The number of fused-ring (bicyclic) bond motifs is 3. The van der Waals surface area contributed by atoms with Crippen molar-refractivity contribution >= 4 is 28.5 Å². The molecule has 146 valence electrons. The molecule has 3 heterocycles. The summed E-state index contributed by atoms with van der Waals surface area (Å²) in [5, 5.41) is 0.659. The Labute approximate surface area is 166 Å². The van der Waals surface area contributed by atoms with Crippen LogP contribution >= 0.6 is 11.6 Å². The van der Waals surface area contributed by atoms with Crippen LogP contribution in [0.5, 0.6) is 0 Å². The summed E-state index contributed by atoms with van der Waals surface area (Å²) >= 11 is 6.31. The minimum atomic E-state index is -0.353. The van der Waals surface area contributed by atoms with Crippen molar-refractivity contribution in [1.82, 2.24) is 23.1 Å². The van der Waals surface area contributed by atoms with Crippen LogP contribution in [0.15, 0.2) is 34.0 Å². The zero-order chi connectivity index (χ0) is 20.3. The molecule has 4 aromatic rings. The molecule has 7 nitrogen and oxygen atoms in total. The third-order valence-electron chi connectivity index (χ3n) is 5.05. The molecule has 0 radical (unpaired) electrons. The fourth-order valence-corrected chi connectivity index (χ4v) is 3.84. The Bertz CT molecular complexity index is 1350. The molecular formula is C20H22ClN5O2. The van der Waals surface area contributed by atoms with Crippen LogP contribution in [0.1, 0.15) is 25.1 Å². The third kappa shape index (κ3) is 2.53. The van der Waals surface area contributed by atoms with Crippen molar-refractivity contribution in [3.05, 3.63) is 61.5 Å². The molecule has 0 aliphatic carbocycles. The average molecular weight is 400 g/mol. The molecule has 0 saturated carbocycles. The first-order valence-electron chi connectivity index (χ1n) is 9.17. The summed E-state index contributed by atoms with van der Waals surface area (Å²) < 4.78 is 6.45. The first kappa shape index (κ1) is 18.6. The number of hydrogen-bond acceptors (Lipinski definition) is 3. The molecule has 0 amide bonds. The molecule has 4 rings (SSSR count). The number of rotatable bonds is 3. The predicted octanol–water partition coefficient (Wildman–Crippen LogP) is 3.06. The van der Waals surface area contributed by atoms with Gasteiger partial charge in [-0.15, -0.1) is 0 Å². The summed E-state index contributed by atoms with van der Waals surface area (Å²) in [7, 11) is 1.65. The fourth-order valence-electron chi connectivity index (χ4n) is 3.67. The molecule has 0 bridgehead atoms. The van der Waals surface area contributed by atoms with Crippen LogP contribution in [0, 0.1) is 19.8 Å². The summed E-state index contributed by atoms with van der Waals surface area (Å²) in [5.41, 5.74) is 2.83. The largest absolute Gasteiger partial charge is 0.332 e. The standard InChI is InChI=1S/C20H22ClN5O2/c1-11(2)9-25-18(27)16-17(23(5)20(25)28)22-19-24(16)10-12(3)26(19)15-8-6-7-14(21)13(15)4/h6-8,10-11H,9H2,1-5H3. The molecular weight excluding hydrogens is 378 g/mol. The second-order valence-electron chi connectivity index (χ2n) is 7.60. The van der Waals surface area contributed by atoms with E-state index in [0.29, 0.717) is 28.5 Å². The average Bonchev–Trinajstić information content (AvgIpc) is 3.14. The van der Waals surface area contributed by atoms with Gasteiger partial charge in [0.1, 0.15) is 0 Å². The molecule has 0 fully saturated rings. The van der Waals surface area contributed by atoms with Crippen molar-refractivity contribution in [3.8, 4) is 5.69 Å². The lowest BCUT2D eigenvalue weighted by Crippen LogP contribution is -2.40. The van der Waals surface area contributed by atoms with Gasteiger partial charge in [-0.05, 0) is 37.5 Å². The first-order chi connectivity index (χ1) is 13.2. The van der Waals surface area contributed by atoms with E-state index in [9.17, 15) is 9.59 Å². The van der Waals surface area contributed by atoms with Crippen molar-refractivity contribution in [1.29, 1.82) is 0 Å². The van der Waals surface area contributed by atoms with E-state index in [1.165, 1.54) is 9.13 Å². The molecule has 8 heteroatoms. The van der Waals surface area contributed by atoms with Crippen LogP contribution in [0.2, 0.25) is 5.02 Å². The van der Waals surface area contributed by atoms with E-state index in [0.717, 1.165) is 16.9 Å². The highest BCUT2D eigenvalue weighted by atomic mass is 35.5. The molecule has 3 aromatic heterocycles. The maximum absolute atomic E-state index is 13.1. The van der Waals surface area contributed by atoms with Crippen LogP contribution in [-0.2, 0) is 13.6 Å². The molecule has 0 saturated heterocycles. The molecule has 0 atom stereocenters. The highest BCUT2D eigenvalue weighted by Crippen LogP contribution is 2.26. The quantitative estimate of drug-likeness (QED) is 0.531. The maximum atomic E-state index is 13.1. The topological polar surface area (TPSA) is 66.2 Å². The van der Waals surface area contributed by atoms with Crippen molar-refractivity contribution in [3.63, 3.8) is 0 Å². The second kappa shape index (κ2) is 6.38. The minimum Gasteiger partial charge on any atom is -0.283 e. The summed E-state index contributed by atoms with van der Waals surface area (Å²) in [4.78, 5) is 30.5. The lowest BCUT2D eigenvalue weighted by atomic mass is 10.2. The van der Waals surface area contributed by atoms with Crippen LogP contribution in [-0.4, -0.2) is 23.1 Å². The fraction of sp³-hybridized carbons (Fsp3) is 0.350. The Morgan fingerprint density at radius 3 is 2.57 bits per heavy atom. The highest BCUT2D eigenvalue weighted by molar-refractivity contribution is 6.31. The van der Waals surface area contributed by atoms with Crippen LogP contribution in [0.4, 0.5) is 0 Å². The van der Waals surface area contributed by atoms with Gasteiger partial charge in [-0.1, -0.05) is 31.5 Å². The van der Waals surface area contributed by atoms with E-state index in [-0.39, 0.29) is 17.2 Å². The van der Waals surface area contributed by atoms with Crippen molar-refractivity contribution in [2.24, 2.45) is 13.0 Å². The molecule has 1 aromatic carbocycles. The van der Waals surface area contributed by atoms with Crippen molar-refractivity contribution in [2.45, 2.75) is 34.2 Å². The van der Waals surface area contributed by atoms with Gasteiger partial charge in [-0.2, -0.15) is 4.98 Å². The normalized spacial score (nSPS) is 12.0. The first-order valence-corrected chi connectivity index (χ1v) is 9.55. The highest BCUT2D eigenvalue weighted by Gasteiger charge is 2.21. The van der Waals surface area contributed by atoms with E-state index in [1.807, 2.05) is 56.7 Å². The maximum Gasteiger partial charge on any atom is 0.332 e. The number of aryl methyl sites for hydroxylation is 2. The number of halogens is 1. The van der Waals surface area contributed by atoms with Gasteiger partial charge in [0, 0.05) is 30.5 Å². The summed E-state index contributed by atoms with van der Waals surface area (Å²) in [6.45, 7) is 8.22. The summed E-state index contributed by atoms with van der Waals surface area (Å²) in [6, 6.07) is 5.69. The second-order valence-corrected chi connectivity index (χ2v) is 8.00. The lowest BCUT2D eigenvalue weighted by molar-refractivity contribution is 0.484. The van der Waals surface area contributed by atoms with Gasteiger partial charge in [-0.25, -0.2) is 4.79 Å². The van der Waals surface area contributed by atoms with Gasteiger partial charge in [0.15, 0.2) is 11.2 Å². The SMILES string of the molecule is Cc1c(Cl)cccc1-n1c(C)cn2c3c(=O)n(CC(C)C)c(=O)n(C)c3nc12. The summed E-state index contributed by atoms with van der Waals surface area (Å²) in [5.74, 6) is 0.749. The van der Waals surface area contributed by atoms with Gasteiger partial charge in [0.2, 0.25) is 5.78 Å². The number of nitrogens with zero attached hydrogens (tertiary/aromatic N) is 5. The van der Waals surface area contributed by atoms with Crippen LogP contribution in [0.3, 0.4) is 0 Å². The monoisotopic (exact) mass is 399 g/mol. The molecule has 0 spiro atoms. The van der Waals surface area contributed by atoms with Gasteiger partial charge < -0.3 is 0 Å². The van der Waals surface area contributed by atoms with E-state index >= 15 is 0 Å². The lowest BCUT2D eigenvalue weighted by Gasteiger charge is -2.10. The smallest absolute Gasteiger partial charge is 0.283 e. The van der Waals surface area contributed by atoms with Gasteiger partial charge in [-0.3, -0.25) is 22.9 Å². The zero-order valence-electron chi connectivity index (χ0n) is 16.5. The Morgan fingerprint density at radius 2 is 1.89 bits per heavy atom. The predicted molar refractivity (Wildman–Crippen MR) is 111 cm³/mol. The van der Waals surface area contributed by atoms with Crippen molar-refractivity contribution in [2.75, 3.05) is 0 Å². The Hall–Kier alpha value is -2.80. The van der Waals surface area contributed by atoms with Crippen molar-refractivity contribution < 1.29 is 0 Å². The van der Waals surface area contributed by atoms with Crippen LogP contribution < -0.4 is 11.2 Å². The Morgan fingerprint density at radius 1 is 1.18 bits per heavy atom. The Kier molecular flexibility index (Phi) is 4.23. The Balaban J connectivity index is 2.14. The van der Waals surface area contributed by atoms with E-state index in [2.05, 4.69) is 4.98 Å². The number of hydrogen-bond donors (Lipinski definition) is 0. The number of benzene rings is 1. The summed E-state index contributed by atoms with van der Waals surface area (Å²) in [6.07, 6.45) is 1.87. The molecule has 28 heavy (non-hydrogen) atoms. The van der Waals surface area contributed by atoms with E-state index < -0.39 is 0 Å². The minimum absolute atomic E-state index is 0.173.